The second-order valence-electron chi connectivity index (χ2n) is 5.72. The number of aliphatic hydroxyl groups is 1. The SMILES string of the molecule is COc1ccc2ccccc2c1/C=N\Nc1nc(C)c(CCO)c(=O)[nH]1. The smallest absolute Gasteiger partial charge is 0.255 e. The van der Waals surface area contributed by atoms with Crippen LogP contribution in [-0.2, 0) is 6.42 Å². The fourth-order valence-electron chi connectivity index (χ4n) is 2.81. The molecule has 0 atom stereocenters. The highest BCUT2D eigenvalue weighted by Crippen LogP contribution is 2.26. The van der Waals surface area contributed by atoms with Crippen LogP contribution < -0.4 is 15.7 Å². The molecule has 7 heteroatoms. The first-order valence-electron chi connectivity index (χ1n) is 8.19. The molecule has 2 aromatic carbocycles. The van der Waals surface area contributed by atoms with Gasteiger partial charge < -0.3 is 9.84 Å². The molecule has 0 bridgehead atoms. The Balaban J connectivity index is 1.90. The highest BCUT2D eigenvalue weighted by Gasteiger charge is 2.08. The lowest BCUT2D eigenvalue weighted by molar-refractivity contribution is 0.298. The third-order valence-electron chi connectivity index (χ3n) is 4.10. The number of nitrogens with zero attached hydrogens (tertiary/aromatic N) is 2. The molecule has 0 aliphatic heterocycles. The molecular formula is C19H20N4O3. The first kappa shape index (κ1) is 17.6. The van der Waals surface area contributed by atoms with Crippen LogP contribution in [0.1, 0.15) is 16.8 Å². The molecule has 134 valence electrons. The Morgan fingerprint density at radius 1 is 1.31 bits per heavy atom. The summed E-state index contributed by atoms with van der Waals surface area (Å²) in [5.41, 5.74) is 4.32. The number of ether oxygens (including phenoxy) is 1. The summed E-state index contributed by atoms with van der Waals surface area (Å²) in [6, 6.07) is 11.8. The van der Waals surface area contributed by atoms with Gasteiger partial charge in [0.15, 0.2) is 0 Å². The number of anilines is 1. The number of H-pyrrole nitrogens is 1. The van der Waals surface area contributed by atoms with Crippen molar-refractivity contribution in [3.05, 3.63) is 63.6 Å². The molecule has 0 radical (unpaired) electrons. The molecule has 3 N–H and O–H groups in total. The number of fused-ring (bicyclic) bond motifs is 1. The summed E-state index contributed by atoms with van der Waals surface area (Å²) in [7, 11) is 1.61. The average Bonchev–Trinajstić information content (AvgIpc) is 2.65. The highest BCUT2D eigenvalue weighted by molar-refractivity contribution is 6.02. The fraction of sp³-hybridized carbons (Fsp3) is 0.211. The Morgan fingerprint density at radius 3 is 2.85 bits per heavy atom. The molecule has 7 nitrogen and oxygen atoms in total. The van der Waals surface area contributed by atoms with Crippen molar-refractivity contribution in [2.75, 3.05) is 19.1 Å². The van der Waals surface area contributed by atoms with Gasteiger partial charge in [-0.25, -0.2) is 10.4 Å². The van der Waals surface area contributed by atoms with Crippen molar-refractivity contribution >= 4 is 22.9 Å². The minimum Gasteiger partial charge on any atom is -0.496 e. The van der Waals surface area contributed by atoms with Crippen molar-refractivity contribution in [2.24, 2.45) is 5.10 Å². The van der Waals surface area contributed by atoms with Crippen LogP contribution >= 0.6 is 0 Å². The normalized spacial score (nSPS) is 11.2. The van der Waals surface area contributed by atoms with Gasteiger partial charge in [-0.3, -0.25) is 9.78 Å². The number of aryl methyl sites for hydroxylation is 1. The molecule has 3 rings (SSSR count). The van der Waals surface area contributed by atoms with Crippen molar-refractivity contribution in [2.45, 2.75) is 13.3 Å². The summed E-state index contributed by atoms with van der Waals surface area (Å²) < 4.78 is 5.42. The van der Waals surface area contributed by atoms with E-state index < -0.39 is 0 Å². The molecule has 0 unspecified atom stereocenters. The van der Waals surface area contributed by atoms with Gasteiger partial charge in [0.05, 0.1) is 19.0 Å². The Labute approximate surface area is 150 Å². The van der Waals surface area contributed by atoms with E-state index in [0.717, 1.165) is 16.3 Å². The number of hydrogen-bond acceptors (Lipinski definition) is 6. The number of hydrazone groups is 1. The first-order chi connectivity index (χ1) is 12.6. The minimum absolute atomic E-state index is 0.0998. The lowest BCUT2D eigenvalue weighted by Gasteiger charge is -2.09. The summed E-state index contributed by atoms with van der Waals surface area (Å²) in [5, 5.41) is 15.3. The number of aliphatic hydroxyl groups excluding tert-OH is 1. The van der Waals surface area contributed by atoms with E-state index >= 15 is 0 Å². The molecule has 0 saturated carbocycles. The number of methoxy groups -OCH3 is 1. The maximum atomic E-state index is 12.0. The van der Waals surface area contributed by atoms with E-state index in [4.69, 9.17) is 9.84 Å². The van der Waals surface area contributed by atoms with Crippen LogP contribution in [0.3, 0.4) is 0 Å². The van der Waals surface area contributed by atoms with E-state index in [1.54, 1.807) is 20.2 Å². The summed E-state index contributed by atoms with van der Waals surface area (Å²) in [6.07, 6.45) is 1.91. The number of benzene rings is 2. The molecule has 1 aromatic heterocycles. The Morgan fingerprint density at radius 2 is 2.12 bits per heavy atom. The van der Waals surface area contributed by atoms with Crippen molar-refractivity contribution in [3.8, 4) is 5.75 Å². The van der Waals surface area contributed by atoms with Crippen LogP contribution in [0.4, 0.5) is 5.95 Å². The molecule has 0 fully saturated rings. The maximum absolute atomic E-state index is 12.0. The largest absolute Gasteiger partial charge is 0.496 e. The van der Waals surface area contributed by atoms with Crippen molar-refractivity contribution in [1.29, 1.82) is 0 Å². The molecule has 0 aliphatic carbocycles. The lowest BCUT2D eigenvalue weighted by atomic mass is 10.0. The van der Waals surface area contributed by atoms with Gasteiger partial charge in [-0.05, 0) is 23.8 Å². The van der Waals surface area contributed by atoms with E-state index in [0.29, 0.717) is 17.0 Å². The molecule has 0 spiro atoms. The standard InChI is InChI=1S/C19H20N4O3/c1-12-14(9-10-24)18(25)22-19(21-12)23-20-11-16-15-6-4-3-5-13(15)7-8-17(16)26-2/h3-8,11,24H,9-10H2,1-2H3,(H2,21,22,23,25)/b20-11-. The number of rotatable bonds is 6. The van der Waals surface area contributed by atoms with Crippen LogP contribution in [0, 0.1) is 6.92 Å². The Hall–Kier alpha value is -3.19. The predicted molar refractivity (Wildman–Crippen MR) is 102 cm³/mol. The van der Waals surface area contributed by atoms with Crippen molar-refractivity contribution in [1.82, 2.24) is 9.97 Å². The molecule has 0 aliphatic rings. The Bertz CT molecular complexity index is 1010. The molecule has 0 amide bonds. The minimum atomic E-state index is -0.285. The summed E-state index contributed by atoms with van der Waals surface area (Å²) >= 11 is 0. The second kappa shape index (κ2) is 7.79. The van der Waals surface area contributed by atoms with Gasteiger partial charge in [0.1, 0.15) is 5.75 Å². The second-order valence-corrected chi connectivity index (χ2v) is 5.72. The van der Waals surface area contributed by atoms with Crippen LogP contribution in [0.5, 0.6) is 5.75 Å². The van der Waals surface area contributed by atoms with Gasteiger partial charge in [-0.1, -0.05) is 30.3 Å². The zero-order valence-electron chi connectivity index (χ0n) is 14.6. The van der Waals surface area contributed by atoms with Crippen molar-refractivity contribution < 1.29 is 9.84 Å². The van der Waals surface area contributed by atoms with Crippen LogP contribution in [0.15, 0.2) is 46.3 Å². The predicted octanol–water partition coefficient (Wildman–Crippen LogP) is 2.22. The van der Waals surface area contributed by atoms with E-state index in [1.165, 1.54) is 0 Å². The zero-order valence-corrected chi connectivity index (χ0v) is 14.6. The van der Waals surface area contributed by atoms with Gasteiger partial charge in [-0.2, -0.15) is 5.10 Å². The van der Waals surface area contributed by atoms with Gasteiger partial charge in [-0.15, -0.1) is 0 Å². The average molecular weight is 352 g/mol. The Kier molecular flexibility index (Phi) is 5.28. The van der Waals surface area contributed by atoms with Gasteiger partial charge in [0, 0.05) is 24.2 Å². The molecule has 26 heavy (non-hydrogen) atoms. The maximum Gasteiger partial charge on any atom is 0.255 e. The monoisotopic (exact) mass is 352 g/mol. The van der Waals surface area contributed by atoms with Gasteiger partial charge in [0.2, 0.25) is 5.95 Å². The lowest BCUT2D eigenvalue weighted by Crippen LogP contribution is -2.19. The third kappa shape index (κ3) is 3.57. The van der Waals surface area contributed by atoms with E-state index in [9.17, 15) is 4.79 Å². The van der Waals surface area contributed by atoms with Crippen LogP contribution in [-0.4, -0.2) is 35.0 Å². The van der Waals surface area contributed by atoms with Crippen molar-refractivity contribution in [3.63, 3.8) is 0 Å². The number of aromatic amines is 1. The summed E-state index contributed by atoms with van der Waals surface area (Å²) in [4.78, 5) is 18.9. The number of nitrogens with one attached hydrogen (secondary N) is 2. The number of aromatic nitrogens is 2. The third-order valence-corrected chi connectivity index (χ3v) is 4.10. The quantitative estimate of drug-likeness (QED) is 0.467. The van der Waals surface area contributed by atoms with Crippen LogP contribution in [0.2, 0.25) is 0 Å². The van der Waals surface area contributed by atoms with E-state index in [2.05, 4.69) is 20.5 Å². The zero-order chi connectivity index (χ0) is 18.5. The summed E-state index contributed by atoms with van der Waals surface area (Å²) in [5.74, 6) is 0.940. The van der Waals surface area contributed by atoms with E-state index in [1.807, 2.05) is 36.4 Å². The van der Waals surface area contributed by atoms with E-state index in [-0.39, 0.29) is 24.5 Å². The summed E-state index contributed by atoms with van der Waals surface area (Å²) in [6.45, 7) is 1.63. The first-order valence-corrected chi connectivity index (χ1v) is 8.19. The molecule has 3 aromatic rings. The molecular weight excluding hydrogens is 332 g/mol. The van der Waals surface area contributed by atoms with Crippen LogP contribution in [0.25, 0.3) is 10.8 Å². The fourth-order valence-corrected chi connectivity index (χ4v) is 2.81. The molecule has 0 saturated heterocycles. The van der Waals surface area contributed by atoms with Gasteiger partial charge in [0.25, 0.3) is 5.56 Å². The van der Waals surface area contributed by atoms with Gasteiger partial charge >= 0.3 is 0 Å². The number of hydrogen-bond donors (Lipinski definition) is 3. The highest BCUT2D eigenvalue weighted by atomic mass is 16.5. The topological polar surface area (TPSA) is 99.6 Å². The molecule has 1 heterocycles.